The number of furan rings is 1. The van der Waals surface area contributed by atoms with Gasteiger partial charge in [0, 0.05) is 38.4 Å². The molecule has 0 aliphatic carbocycles. The third-order valence-electron chi connectivity index (χ3n) is 5.81. The summed E-state index contributed by atoms with van der Waals surface area (Å²) in [5, 5.41) is 16.3. The molecular formula is C22H30N6O2. The summed E-state index contributed by atoms with van der Waals surface area (Å²) < 4.78 is 7.12. The van der Waals surface area contributed by atoms with E-state index in [0.717, 1.165) is 49.3 Å². The van der Waals surface area contributed by atoms with Gasteiger partial charge in [-0.3, -0.25) is 4.79 Å². The maximum Gasteiger partial charge on any atom is 0.220 e. The number of nitrogens with zero attached hydrogens (tertiary/aromatic N) is 5. The van der Waals surface area contributed by atoms with Crippen LogP contribution in [0.2, 0.25) is 0 Å². The smallest absolute Gasteiger partial charge is 0.220 e. The van der Waals surface area contributed by atoms with Crippen molar-refractivity contribution < 1.29 is 9.21 Å². The molecule has 4 rings (SSSR count). The lowest BCUT2D eigenvalue weighted by Gasteiger charge is -2.30. The first-order chi connectivity index (χ1) is 14.6. The van der Waals surface area contributed by atoms with Crippen LogP contribution in [-0.4, -0.2) is 44.8 Å². The van der Waals surface area contributed by atoms with Gasteiger partial charge < -0.3 is 14.6 Å². The molecule has 4 heterocycles. The summed E-state index contributed by atoms with van der Waals surface area (Å²) in [5.74, 6) is 3.40. The van der Waals surface area contributed by atoms with Crippen molar-refractivity contribution in [3.63, 3.8) is 0 Å². The molecule has 0 radical (unpaired) electrons. The number of hydrogen-bond donors (Lipinski definition) is 1. The maximum atomic E-state index is 12.4. The molecule has 1 unspecified atom stereocenters. The molecule has 1 saturated heterocycles. The fourth-order valence-corrected chi connectivity index (χ4v) is 3.84. The van der Waals surface area contributed by atoms with Crippen molar-refractivity contribution in [1.29, 1.82) is 0 Å². The van der Waals surface area contributed by atoms with Crippen LogP contribution in [0.25, 0.3) is 5.65 Å². The highest BCUT2D eigenvalue weighted by molar-refractivity contribution is 5.76. The number of carbonyl (C=O) groups is 1. The van der Waals surface area contributed by atoms with Gasteiger partial charge in [-0.2, -0.15) is 4.52 Å². The molecule has 1 amide bonds. The summed E-state index contributed by atoms with van der Waals surface area (Å²) in [6.07, 6.45) is 6.56. The van der Waals surface area contributed by atoms with Crippen LogP contribution in [0.5, 0.6) is 0 Å². The average Bonchev–Trinajstić information content (AvgIpc) is 3.41. The minimum atomic E-state index is 0.0138. The fraction of sp³-hybridized carbons (Fsp3) is 0.545. The third-order valence-corrected chi connectivity index (χ3v) is 5.81. The van der Waals surface area contributed by atoms with Crippen LogP contribution in [0.1, 0.15) is 51.1 Å². The van der Waals surface area contributed by atoms with Gasteiger partial charge in [-0.15, -0.1) is 15.3 Å². The quantitative estimate of drug-likeness (QED) is 0.614. The second-order valence-electron chi connectivity index (χ2n) is 8.33. The van der Waals surface area contributed by atoms with E-state index in [1.165, 1.54) is 12.8 Å². The Morgan fingerprint density at radius 2 is 2.07 bits per heavy atom. The van der Waals surface area contributed by atoms with Gasteiger partial charge in [0.25, 0.3) is 0 Å². The maximum absolute atomic E-state index is 12.4. The molecule has 0 saturated carbocycles. The van der Waals surface area contributed by atoms with E-state index < -0.39 is 0 Å². The van der Waals surface area contributed by atoms with E-state index in [-0.39, 0.29) is 11.9 Å². The van der Waals surface area contributed by atoms with Gasteiger partial charge in [0.15, 0.2) is 11.5 Å². The molecule has 1 N–H and O–H groups in total. The van der Waals surface area contributed by atoms with Crippen molar-refractivity contribution in [2.45, 2.75) is 58.4 Å². The van der Waals surface area contributed by atoms with Gasteiger partial charge in [0.1, 0.15) is 11.6 Å². The Morgan fingerprint density at radius 3 is 2.83 bits per heavy atom. The first kappa shape index (κ1) is 20.4. The van der Waals surface area contributed by atoms with Crippen molar-refractivity contribution in [2.75, 3.05) is 18.0 Å². The van der Waals surface area contributed by atoms with Crippen molar-refractivity contribution >= 4 is 17.4 Å². The van der Waals surface area contributed by atoms with E-state index in [4.69, 9.17) is 9.52 Å². The Hall–Kier alpha value is -2.90. The molecule has 1 aliphatic rings. The normalized spacial score (nSPS) is 16.1. The predicted octanol–water partition coefficient (Wildman–Crippen LogP) is 3.02. The summed E-state index contributed by atoms with van der Waals surface area (Å²) in [4.78, 5) is 14.7. The average molecular weight is 411 g/mol. The molecule has 1 fully saturated rings. The van der Waals surface area contributed by atoms with Crippen molar-refractivity contribution in [1.82, 2.24) is 25.1 Å². The third kappa shape index (κ3) is 4.98. The summed E-state index contributed by atoms with van der Waals surface area (Å²) >= 11 is 0. The van der Waals surface area contributed by atoms with E-state index in [0.29, 0.717) is 18.5 Å². The van der Waals surface area contributed by atoms with Crippen LogP contribution in [0.3, 0.4) is 0 Å². The molecular weight excluding hydrogens is 380 g/mol. The first-order valence-electron chi connectivity index (χ1n) is 10.9. The van der Waals surface area contributed by atoms with Gasteiger partial charge in [-0.05, 0) is 56.4 Å². The van der Waals surface area contributed by atoms with Crippen LogP contribution in [0.15, 0.2) is 34.9 Å². The Balaban J connectivity index is 1.32. The van der Waals surface area contributed by atoms with Crippen LogP contribution in [-0.2, 0) is 17.6 Å². The largest absolute Gasteiger partial charge is 0.469 e. The molecule has 0 bridgehead atoms. The highest BCUT2D eigenvalue weighted by Crippen LogP contribution is 2.21. The molecule has 0 spiro atoms. The van der Waals surface area contributed by atoms with E-state index in [9.17, 15) is 4.79 Å². The molecule has 1 atom stereocenters. The summed E-state index contributed by atoms with van der Waals surface area (Å²) in [5.41, 5.74) is 0.714. The van der Waals surface area contributed by atoms with Crippen molar-refractivity contribution in [3.8, 4) is 0 Å². The summed E-state index contributed by atoms with van der Waals surface area (Å²) in [7, 11) is 0. The van der Waals surface area contributed by atoms with Crippen LogP contribution in [0, 0.1) is 5.92 Å². The zero-order chi connectivity index (χ0) is 20.9. The first-order valence-corrected chi connectivity index (χ1v) is 10.9. The lowest BCUT2D eigenvalue weighted by atomic mass is 9.99. The Morgan fingerprint density at radius 1 is 1.23 bits per heavy atom. The number of hydrogen-bond acceptors (Lipinski definition) is 6. The SMILES string of the molecule is CC1CCN(c2ccc3nnc(CCC(=O)NC(C)CCc4ccco4)n3n2)CC1. The van der Waals surface area contributed by atoms with Crippen LogP contribution >= 0.6 is 0 Å². The zero-order valence-corrected chi connectivity index (χ0v) is 17.8. The Kier molecular flexibility index (Phi) is 6.30. The minimum Gasteiger partial charge on any atom is -0.469 e. The fourth-order valence-electron chi connectivity index (χ4n) is 3.84. The number of anilines is 1. The Bertz CT molecular complexity index is 959. The number of amides is 1. The standard InChI is InChI=1S/C22H30N6O2/c1-16-11-13-27(14-12-16)21-8-7-19-24-25-20(28(19)26-21)9-10-22(29)23-17(2)5-6-18-4-3-15-30-18/h3-4,7-8,15-17H,5-6,9-14H2,1-2H3,(H,23,29). The number of aromatic nitrogens is 4. The second-order valence-corrected chi connectivity index (χ2v) is 8.33. The number of aryl methyl sites for hydroxylation is 2. The highest BCUT2D eigenvalue weighted by atomic mass is 16.3. The number of fused-ring (bicyclic) bond motifs is 1. The van der Waals surface area contributed by atoms with E-state index in [1.54, 1.807) is 10.8 Å². The molecule has 3 aromatic rings. The molecule has 3 aromatic heterocycles. The second kappa shape index (κ2) is 9.28. The van der Waals surface area contributed by atoms with Gasteiger partial charge in [0.05, 0.1) is 6.26 Å². The van der Waals surface area contributed by atoms with Crippen LogP contribution in [0.4, 0.5) is 5.82 Å². The van der Waals surface area contributed by atoms with E-state index in [1.807, 2.05) is 31.2 Å². The minimum absolute atomic E-state index is 0.0138. The number of piperidine rings is 1. The van der Waals surface area contributed by atoms with E-state index >= 15 is 0 Å². The molecule has 30 heavy (non-hydrogen) atoms. The van der Waals surface area contributed by atoms with E-state index in [2.05, 4.69) is 27.3 Å². The monoisotopic (exact) mass is 410 g/mol. The lowest BCUT2D eigenvalue weighted by molar-refractivity contribution is -0.121. The van der Waals surface area contributed by atoms with Crippen molar-refractivity contribution in [2.24, 2.45) is 5.92 Å². The van der Waals surface area contributed by atoms with Gasteiger partial charge in [-0.1, -0.05) is 6.92 Å². The predicted molar refractivity (Wildman–Crippen MR) is 114 cm³/mol. The topological polar surface area (TPSA) is 88.6 Å². The number of rotatable bonds is 8. The lowest BCUT2D eigenvalue weighted by Crippen LogP contribution is -2.34. The molecule has 8 nitrogen and oxygen atoms in total. The summed E-state index contributed by atoms with van der Waals surface area (Å²) in [6, 6.07) is 7.89. The zero-order valence-electron chi connectivity index (χ0n) is 17.8. The van der Waals surface area contributed by atoms with Gasteiger partial charge in [0.2, 0.25) is 5.91 Å². The van der Waals surface area contributed by atoms with Crippen LogP contribution < -0.4 is 10.2 Å². The Labute approximate surface area is 176 Å². The van der Waals surface area contributed by atoms with Gasteiger partial charge >= 0.3 is 0 Å². The molecule has 8 heteroatoms. The van der Waals surface area contributed by atoms with Crippen molar-refractivity contribution in [3.05, 3.63) is 42.1 Å². The number of nitrogens with one attached hydrogen (secondary N) is 1. The number of carbonyl (C=O) groups excluding carboxylic acids is 1. The molecule has 1 aliphatic heterocycles. The molecule has 0 aromatic carbocycles. The molecule has 160 valence electrons. The highest BCUT2D eigenvalue weighted by Gasteiger charge is 2.18. The van der Waals surface area contributed by atoms with Gasteiger partial charge in [-0.25, -0.2) is 0 Å². The summed E-state index contributed by atoms with van der Waals surface area (Å²) in [6.45, 7) is 6.36.